The van der Waals surface area contributed by atoms with E-state index >= 15 is 0 Å². The molecule has 0 radical (unpaired) electrons. The molecule has 0 heterocycles. The zero-order valence-corrected chi connectivity index (χ0v) is 39.1. The normalized spacial score (nSPS) is 18.3. The van der Waals surface area contributed by atoms with E-state index in [9.17, 15) is 0 Å². The summed E-state index contributed by atoms with van der Waals surface area (Å²) in [6, 6.07) is 28.3. The zero-order valence-electron chi connectivity index (χ0n) is 32.1. The molecule has 3 aromatic rings. The predicted octanol–water partition coefficient (Wildman–Crippen LogP) is 4.62. The first-order valence-corrected chi connectivity index (χ1v) is 29.6. The van der Waals surface area contributed by atoms with E-state index in [2.05, 4.69) is 176 Å². The van der Waals surface area contributed by atoms with Crippen LogP contribution in [0.3, 0.4) is 0 Å². The number of hydrogen-bond acceptors (Lipinski definition) is 0. The van der Waals surface area contributed by atoms with Crippen LogP contribution in [0.25, 0.3) is 11.6 Å². The Labute approximate surface area is 333 Å². The Morgan fingerprint density at radius 3 is 1.74 bits per heavy atom. The van der Waals surface area contributed by atoms with E-state index in [1.54, 1.807) is 21.9 Å². The maximum absolute atomic E-state index is 4.07. The van der Waals surface area contributed by atoms with E-state index in [1.807, 2.05) is 5.20 Å². The van der Waals surface area contributed by atoms with E-state index in [0.717, 1.165) is 12.8 Å². The van der Waals surface area contributed by atoms with Crippen molar-refractivity contribution in [3.8, 4) is 0 Å². The van der Waals surface area contributed by atoms with Gasteiger partial charge in [-0.1, -0.05) is 137 Å². The van der Waals surface area contributed by atoms with Crippen molar-refractivity contribution in [1.29, 1.82) is 0 Å². The molecule has 0 saturated heterocycles. The molecule has 0 nitrogen and oxygen atoms in total. The van der Waals surface area contributed by atoms with Crippen molar-refractivity contribution in [3.63, 3.8) is 0 Å². The molecule has 0 aromatic heterocycles. The van der Waals surface area contributed by atoms with Gasteiger partial charge >= 0.3 is 99.2 Å². The summed E-state index contributed by atoms with van der Waals surface area (Å²) in [7, 11) is -5.03. The monoisotopic (exact) mass is 827 g/mol. The molecule has 6 rings (SSSR count). The number of benzene rings is 3. The van der Waals surface area contributed by atoms with E-state index in [1.165, 1.54) is 66.6 Å². The van der Waals surface area contributed by atoms with E-state index in [-0.39, 0.29) is 29.9 Å². The van der Waals surface area contributed by atoms with Crippen molar-refractivity contribution < 1.29 is 49.0 Å². The SMILES string of the molecule is CCc1ccc2c(c1)=[C-]C1=C(C3=CC=CC3)C(CC)([Si](C)(C)C)C([Si](C)(C)C)=C([Si](C)(C)C)C=21.[Cl-].[Cl-].[Zr+2]=[C](c1ccccc1)c1ccccc1. The summed E-state index contributed by atoms with van der Waals surface area (Å²) in [5.41, 5.74) is 10.3. The zero-order chi connectivity index (χ0) is 35.1. The third kappa shape index (κ3) is 8.12. The number of rotatable bonds is 8. The van der Waals surface area contributed by atoms with Crippen molar-refractivity contribution in [3.05, 3.63) is 151 Å². The summed E-state index contributed by atoms with van der Waals surface area (Å²) in [6.07, 6.45) is 14.5. The second kappa shape index (κ2) is 16.6. The first kappa shape index (κ1) is 42.8. The molecule has 0 fully saturated rings. The van der Waals surface area contributed by atoms with Crippen molar-refractivity contribution in [2.75, 3.05) is 0 Å². The molecule has 3 aromatic carbocycles. The number of allylic oxidation sites excluding steroid dienone is 8. The van der Waals surface area contributed by atoms with Crippen LogP contribution in [0, 0.1) is 0 Å². The van der Waals surface area contributed by atoms with Crippen molar-refractivity contribution in [2.24, 2.45) is 0 Å². The standard InChI is InChI=1S/C31H45Si3.C13H10.2ClH.Zr/c1-12-22-18-19-25-24(20-22)21-26-27(25)29(32(3,4)5)30(33(6,7)8)31(13-2,34(9,10)11)28(26)23-16-14-15-17-23;1-3-7-12(8-4-1)11-13-9-5-2-6-10-13;;;/h14-16,18-20H,12-13,17H2,1-11H3;1-10H;2*1H;/q-1;;;;+2/p-2. The molecule has 0 saturated carbocycles. The van der Waals surface area contributed by atoms with Crippen LogP contribution in [0.15, 0.2) is 124 Å². The molecule has 0 N–H and O–H groups in total. The van der Waals surface area contributed by atoms with Gasteiger partial charge in [0.05, 0.1) is 24.2 Å². The molecule has 0 bridgehead atoms. The summed E-state index contributed by atoms with van der Waals surface area (Å²) in [5, 5.41) is 6.64. The minimum absolute atomic E-state index is 0. The van der Waals surface area contributed by atoms with Crippen LogP contribution < -0.4 is 35.3 Å². The van der Waals surface area contributed by atoms with Crippen molar-refractivity contribution in [2.45, 2.75) is 97.1 Å². The molecule has 6 heteroatoms. The second-order valence-corrected chi connectivity index (χ2v) is 33.3. The molecule has 0 aliphatic heterocycles. The van der Waals surface area contributed by atoms with Crippen molar-refractivity contribution >= 4 is 39.1 Å². The topological polar surface area (TPSA) is 0 Å². The third-order valence-corrected chi connectivity index (χ3v) is 19.9. The molecule has 3 aliphatic rings. The molecule has 1 atom stereocenters. The molecule has 0 amide bonds. The van der Waals surface area contributed by atoms with E-state index in [4.69, 9.17) is 0 Å². The van der Waals surface area contributed by atoms with E-state index in [0.29, 0.717) is 0 Å². The summed E-state index contributed by atoms with van der Waals surface area (Å²) in [6.45, 7) is 28.3. The fourth-order valence-corrected chi connectivity index (χ4v) is 21.3. The van der Waals surface area contributed by atoms with Crippen molar-refractivity contribution in [1.82, 2.24) is 0 Å². The Bertz CT molecular complexity index is 1930. The van der Waals surface area contributed by atoms with Gasteiger partial charge in [-0.3, -0.25) is 0 Å². The molecule has 0 spiro atoms. The Kier molecular flexibility index (Phi) is 14.2. The molecule has 50 heavy (non-hydrogen) atoms. The van der Waals surface area contributed by atoms with Gasteiger partial charge in [0.25, 0.3) is 0 Å². The average Bonchev–Trinajstić information content (AvgIpc) is 3.71. The molecular weight excluding hydrogens is 775 g/mol. The van der Waals surface area contributed by atoms with Gasteiger partial charge < -0.3 is 24.8 Å². The molecule has 1 unspecified atom stereocenters. The fourth-order valence-electron chi connectivity index (χ4n) is 8.43. The molecule has 3 aliphatic carbocycles. The van der Waals surface area contributed by atoms with Crippen LogP contribution in [-0.2, 0) is 30.7 Å². The van der Waals surface area contributed by atoms with Crippen LogP contribution >= 0.6 is 0 Å². The van der Waals surface area contributed by atoms with Gasteiger partial charge in [0.1, 0.15) is 0 Å². The minimum atomic E-state index is -1.69. The molecule has 262 valence electrons. The fraction of sp³-hybridized carbons (Fsp3) is 0.341. The second-order valence-electron chi connectivity index (χ2n) is 16.7. The van der Waals surface area contributed by atoms with Gasteiger partial charge in [-0.2, -0.15) is 0 Å². The first-order chi connectivity index (χ1) is 22.6. The Balaban J connectivity index is 0.000000355. The van der Waals surface area contributed by atoms with Gasteiger partial charge in [-0.25, -0.2) is 0 Å². The van der Waals surface area contributed by atoms with Gasteiger partial charge in [0.2, 0.25) is 0 Å². The Morgan fingerprint density at radius 1 is 0.760 bits per heavy atom. The van der Waals surface area contributed by atoms with Crippen LogP contribution in [0.2, 0.25) is 64.0 Å². The summed E-state index contributed by atoms with van der Waals surface area (Å²) in [5.74, 6) is 0. The number of fused-ring (bicyclic) bond motifs is 2. The summed E-state index contributed by atoms with van der Waals surface area (Å²) in [4.78, 5) is 0. The van der Waals surface area contributed by atoms with Crippen LogP contribution in [0.4, 0.5) is 0 Å². The van der Waals surface area contributed by atoms with Crippen LogP contribution in [0.1, 0.15) is 43.4 Å². The predicted molar refractivity (Wildman–Crippen MR) is 217 cm³/mol. The number of halogens is 2. The van der Waals surface area contributed by atoms with E-state index < -0.39 is 24.2 Å². The quantitative estimate of drug-likeness (QED) is 0.230. The number of hydrogen-bond donors (Lipinski definition) is 0. The van der Waals surface area contributed by atoms with Gasteiger partial charge in [-0.05, 0) is 17.9 Å². The van der Waals surface area contributed by atoms with Gasteiger partial charge in [0, 0.05) is 0 Å². The Morgan fingerprint density at radius 2 is 1.32 bits per heavy atom. The van der Waals surface area contributed by atoms with Crippen LogP contribution in [-0.4, -0.2) is 27.4 Å². The third-order valence-electron chi connectivity index (χ3n) is 10.4. The van der Waals surface area contributed by atoms with Gasteiger partial charge in [-0.15, -0.1) is 33.7 Å². The molecular formula is C44H55Cl2Si3Zr-. The maximum atomic E-state index is 4.07. The summed E-state index contributed by atoms with van der Waals surface area (Å²) >= 11 is 1.46. The average molecular weight is 830 g/mol. The van der Waals surface area contributed by atoms with Gasteiger partial charge in [0.15, 0.2) is 0 Å². The van der Waals surface area contributed by atoms with Crippen LogP contribution in [0.5, 0.6) is 0 Å². The summed E-state index contributed by atoms with van der Waals surface area (Å²) < 4.78 is 1.42. The Hall–Kier alpha value is -1.66. The first-order valence-electron chi connectivity index (χ1n) is 17.9. The number of aryl methyl sites for hydroxylation is 1.